The highest BCUT2D eigenvalue weighted by molar-refractivity contribution is 4.99. The molecular weight excluding hydrogens is 162 g/mol. The van der Waals surface area contributed by atoms with Crippen LogP contribution in [0.2, 0.25) is 0 Å². The van der Waals surface area contributed by atoms with E-state index in [1.165, 1.54) is 12.8 Å². The fraction of sp³-hybridized carbons (Fsp3) is 0.700. The molecule has 0 saturated carbocycles. The van der Waals surface area contributed by atoms with Gasteiger partial charge in [0.05, 0.1) is 12.0 Å². The van der Waals surface area contributed by atoms with Gasteiger partial charge in [-0.15, -0.1) is 0 Å². The van der Waals surface area contributed by atoms with Crippen molar-refractivity contribution in [3.63, 3.8) is 0 Å². The molecule has 0 bridgehead atoms. The first-order valence-corrected chi connectivity index (χ1v) is 5.04. The topological polar surface area (TPSA) is 43.8 Å². The zero-order valence-corrected chi connectivity index (χ0v) is 8.53. The van der Waals surface area contributed by atoms with Gasteiger partial charge in [-0.3, -0.25) is 0 Å². The molecule has 0 amide bonds. The average molecular weight is 181 g/mol. The SMILES string of the molecule is CCCC(CC)n1cncc1CN. The van der Waals surface area contributed by atoms with Crippen LogP contribution in [0.15, 0.2) is 12.5 Å². The van der Waals surface area contributed by atoms with Gasteiger partial charge < -0.3 is 10.3 Å². The molecule has 2 N–H and O–H groups in total. The summed E-state index contributed by atoms with van der Waals surface area (Å²) < 4.78 is 2.21. The highest BCUT2D eigenvalue weighted by Gasteiger charge is 2.09. The van der Waals surface area contributed by atoms with Gasteiger partial charge in [0.15, 0.2) is 0 Å². The van der Waals surface area contributed by atoms with E-state index in [9.17, 15) is 0 Å². The summed E-state index contributed by atoms with van der Waals surface area (Å²) >= 11 is 0. The molecule has 1 aromatic rings. The van der Waals surface area contributed by atoms with E-state index in [2.05, 4.69) is 23.4 Å². The summed E-state index contributed by atoms with van der Waals surface area (Å²) in [6.07, 6.45) is 7.32. The Hall–Kier alpha value is -0.830. The molecule has 0 aliphatic rings. The third-order valence-electron chi connectivity index (χ3n) is 2.44. The Morgan fingerprint density at radius 2 is 2.31 bits per heavy atom. The Morgan fingerprint density at radius 3 is 2.85 bits per heavy atom. The molecule has 0 radical (unpaired) electrons. The zero-order valence-electron chi connectivity index (χ0n) is 8.53. The number of hydrogen-bond donors (Lipinski definition) is 1. The summed E-state index contributed by atoms with van der Waals surface area (Å²) in [5.74, 6) is 0. The van der Waals surface area contributed by atoms with Crippen molar-refractivity contribution in [2.75, 3.05) is 0 Å². The first-order chi connectivity index (χ1) is 6.33. The second-order valence-electron chi connectivity index (χ2n) is 3.35. The van der Waals surface area contributed by atoms with Crippen LogP contribution in [-0.4, -0.2) is 9.55 Å². The smallest absolute Gasteiger partial charge is 0.0951 e. The van der Waals surface area contributed by atoms with Crippen LogP contribution in [-0.2, 0) is 6.54 Å². The van der Waals surface area contributed by atoms with Crippen molar-refractivity contribution in [1.29, 1.82) is 0 Å². The fourth-order valence-corrected chi connectivity index (χ4v) is 1.69. The van der Waals surface area contributed by atoms with E-state index in [0.29, 0.717) is 12.6 Å². The third kappa shape index (κ3) is 2.31. The van der Waals surface area contributed by atoms with Crippen molar-refractivity contribution in [2.45, 2.75) is 45.7 Å². The number of hydrogen-bond acceptors (Lipinski definition) is 2. The molecular formula is C10H19N3. The first-order valence-electron chi connectivity index (χ1n) is 5.04. The number of nitrogens with zero attached hydrogens (tertiary/aromatic N) is 2. The van der Waals surface area contributed by atoms with Crippen LogP contribution in [0.1, 0.15) is 44.8 Å². The van der Waals surface area contributed by atoms with E-state index in [4.69, 9.17) is 5.73 Å². The van der Waals surface area contributed by atoms with Crippen molar-refractivity contribution in [1.82, 2.24) is 9.55 Å². The number of aromatic nitrogens is 2. The van der Waals surface area contributed by atoms with Crippen LogP contribution in [0.3, 0.4) is 0 Å². The molecule has 1 rings (SSSR count). The van der Waals surface area contributed by atoms with Crippen LogP contribution in [0.5, 0.6) is 0 Å². The van der Waals surface area contributed by atoms with E-state index in [1.807, 2.05) is 12.5 Å². The van der Waals surface area contributed by atoms with E-state index in [-0.39, 0.29) is 0 Å². The lowest BCUT2D eigenvalue weighted by Crippen LogP contribution is -2.12. The van der Waals surface area contributed by atoms with Crippen molar-refractivity contribution < 1.29 is 0 Å². The maximum absolute atomic E-state index is 5.62. The molecule has 74 valence electrons. The Balaban J connectivity index is 2.77. The molecule has 3 heteroatoms. The maximum atomic E-state index is 5.62. The van der Waals surface area contributed by atoms with Gasteiger partial charge in [0.2, 0.25) is 0 Å². The maximum Gasteiger partial charge on any atom is 0.0951 e. The molecule has 1 unspecified atom stereocenters. The molecule has 0 saturated heterocycles. The molecule has 3 nitrogen and oxygen atoms in total. The van der Waals surface area contributed by atoms with E-state index >= 15 is 0 Å². The molecule has 0 aromatic carbocycles. The first kappa shape index (κ1) is 10.3. The second-order valence-corrected chi connectivity index (χ2v) is 3.35. The third-order valence-corrected chi connectivity index (χ3v) is 2.44. The molecule has 0 spiro atoms. The molecule has 0 aliphatic carbocycles. The van der Waals surface area contributed by atoms with Crippen LogP contribution < -0.4 is 5.73 Å². The standard InChI is InChI=1S/C10H19N3/c1-3-5-9(4-2)13-8-12-7-10(13)6-11/h7-9H,3-6,11H2,1-2H3. The molecule has 13 heavy (non-hydrogen) atoms. The largest absolute Gasteiger partial charge is 0.330 e. The van der Waals surface area contributed by atoms with Gasteiger partial charge in [0.25, 0.3) is 0 Å². The van der Waals surface area contributed by atoms with Crippen LogP contribution in [0.25, 0.3) is 0 Å². The highest BCUT2D eigenvalue weighted by atomic mass is 15.1. The normalized spacial score (nSPS) is 13.2. The summed E-state index contributed by atoms with van der Waals surface area (Å²) in [4.78, 5) is 4.13. The molecule has 1 heterocycles. The van der Waals surface area contributed by atoms with Crippen LogP contribution >= 0.6 is 0 Å². The average Bonchev–Trinajstić information content (AvgIpc) is 2.61. The predicted molar refractivity (Wildman–Crippen MR) is 54.4 cm³/mol. The zero-order chi connectivity index (χ0) is 9.68. The molecule has 1 atom stereocenters. The van der Waals surface area contributed by atoms with Gasteiger partial charge in [0, 0.05) is 18.8 Å². The quantitative estimate of drug-likeness (QED) is 0.756. The van der Waals surface area contributed by atoms with Gasteiger partial charge in [-0.05, 0) is 12.8 Å². The van der Waals surface area contributed by atoms with Crippen LogP contribution in [0.4, 0.5) is 0 Å². The van der Waals surface area contributed by atoms with Gasteiger partial charge in [-0.1, -0.05) is 20.3 Å². The summed E-state index contributed by atoms with van der Waals surface area (Å²) in [6.45, 7) is 5.00. The summed E-state index contributed by atoms with van der Waals surface area (Å²) in [6, 6.07) is 0.575. The predicted octanol–water partition coefficient (Wildman–Crippen LogP) is 2.09. The minimum atomic E-state index is 0.575. The van der Waals surface area contributed by atoms with Crippen LogP contribution in [0, 0.1) is 0 Å². The monoisotopic (exact) mass is 181 g/mol. The van der Waals surface area contributed by atoms with Gasteiger partial charge in [0.1, 0.15) is 0 Å². The van der Waals surface area contributed by atoms with Crippen molar-refractivity contribution in [2.24, 2.45) is 5.73 Å². The minimum Gasteiger partial charge on any atom is -0.330 e. The Labute approximate surface area is 80.0 Å². The number of nitrogens with two attached hydrogens (primary N) is 1. The summed E-state index contributed by atoms with van der Waals surface area (Å²) in [5.41, 5.74) is 6.76. The lowest BCUT2D eigenvalue weighted by Gasteiger charge is -2.17. The van der Waals surface area contributed by atoms with Gasteiger partial charge >= 0.3 is 0 Å². The minimum absolute atomic E-state index is 0.575. The van der Waals surface area contributed by atoms with E-state index in [0.717, 1.165) is 12.1 Å². The van der Waals surface area contributed by atoms with Gasteiger partial charge in [-0.2, -0.15) is 0 Å². The van der Waals surface area contributed by atoms with Crippen molar-refractivity contribution in [3.8, 4) is 0 Å². The highest BCUT2D eigenvalue weighted by Crippen LogP contribution is 2.19. The Bertz CT molecular complexity index is 242. The summed E-state index contributed by atoms with van der Waals surface area (Å²) in [5, 5.41) is 0. The fourth-order valence-electron chi connectivity index (χ4n) is 1.69. The van der Waals surface area contributed by atoms with E-state index in [1.54, 1.807) is 0 Å². The Morgan fingerprint density at radius 1 is 1.54 bits per heavy atom. The van der Waals surface area contributed by atoms with E-state index < -0.39 is 0 Å². The lowest BCUT2D eigenvalue weighted by molar-refractivity contribution is 0.436. The number of rotatable bonds is 5. The lowest BCUT2D eigenvalue weighted by atomic mass is 10.1. The molecule has 0 aliphatic heterocycles. The van der Waals surface area contributed by atoms with Crippen molar-refractivity contribution in [3.05, 3.63) is 18.2 Å². The Kier molecular flexibility index (Phi) is 3.96. The number of imidazole rings is 1. The molecule has 1 aromatic heterocycles. The second kappa shape index (κ2) is 5.02. The summed E-state index contributed by atoms with van der Waals surface area (Å²) in [7, 11) is 0. The van der Waals surface area contributed by atoms with Gasteiger partial charge in [-0.25, -0.2) is 4.98 Å². The van der Waals surface area contributed by atoms with Crippen molar-refractivity contribution >= 4 is 0 Å². The molecule has 0 fully saturated rings.